The molecular formula is C22H26N4O5. The van der Waals surface area contributed by atoms with E-state index in [0.29, 0.717) is 29.4 Å². The summed E-state index contributed by atoms with van der Waals surface area (Å²) in [5, 5.41) is 8.98. The number of para-hydroxylation sites is 1. The Labute approximate surface area is 180 Å². The van der Waals surface area contributed by atoms with Crippen LogP contribution in [-0.2, 0) is 14.4 Å². The van der Waals surface area contributed by atoms with Crippen LogP contribution in [-0.4, -0.2) is 43.2 Å². The van der Waals surface area contributed by atoms with Gasteiger partial charge in [0, 0.05) is 11.7 Å². The summed E-state index contributed by atoms with van der Waals surface area (Å²) >= 11 is 0. The molecule has 0 bridgehead atoms. The van der Waals surface area contributed by atoms with Crippen molar-refractivity contribution in [1.29, 1.82) is 0 Å². The highest BCUT2D eigenvalue weighted by molar-refractivity contribution is 6.35. The number of hydrogen-bond acceptors (Lipinski definition) is 6. The number of anilines is 1. The van der Waals surface area contributed by atoms with Crippen molar-refractivity contribution in [3.8, 4) is 11.5 Å². The number of hydrogen-bond donors (Lipinski definition) is 3. The van der Waals surface area contributed by atoms with Gasteiger partial charge in [0.1, 0.15) is 0 Å². The highest BCUT2D eigenvalue weighted by Gasteiger charge is 2.13. The van der Waals surface area contributed by atoms with E-state index in [1.165, 1.54) is 6.21 Å². The van der Waals surface area contributed by atoms with Gasteiger partial charge in [0.25, 0.3) is 5.91 Å². The van der Waals surface area contributed by atoms with Crippen molar-refractivity contribution in [2.24, 2.45) is 5.10 Å². The summed E-state index contributed by atoms with van der Waals surface area (Å²) in [6.07, 6.45) is 1.37. The van der Waals surface area contributed by atoms with Crippen molar-refractivity contribution < 1.29 is 23.9 Å². The molecule has 0 aromatic heterocycles. The van der Waals surface area contributed by atoms with E-state index in [0.717, 1.165) is 0 Å². The molecule has 0 spiro atoms. The number of benzene rings is 2. The van der Waals surface area contributed by atoms with Crippen LogP contribution in [0.4, 0.5) is 5.69 Å². The Morgan fingerprint density at radius 1 is 1.00 bits per heavy atom. The molecular weight excluding hydrogens is 400 g/mol. The molecule has 164 valence electrons. The monoisotopic (exact) mass is 426 g/mol. The molecule has 2 aromatic rings. The summed E-state index contributed by atoms with van der Waals surface area (Å²) in [5.41, 5.74) is 3.44. The van der Waals surface area contributed by atoms with Crippen molar-refractivity contribution in [2.45, 2.75) is 26.8 Å². The van der Waals surface area contributed by atoms with Gasteiger partial charge >= 0.3 is 11.8 Å². The van der Waals surface area contributed by atoms with Gasteiger partial charge in [-0.15, -0.1) is 0 Å². The zero-order chi connectivity index (χ0) is 22.6. The number of nitrogens with zero attached hydrogens (tertiary/aromatic N) is 1. The summed E-state index contributed by atoms with van der Waals surface area (Å²) in [6.45, 7) is 5.51. The van der Waals surface area contributed by atoms with Crippen molar-refractivity contribution in [3.05, 3.63) is 54.1 Å². The molecule has 0 atom stereocenters. The van der Waals surface area contributed by atoms with Gasteiger partial charge in [-0.25, -0.2) is 5.43 Å². The predicted molar refractivity (Wildman–Crippen MR) is 117 cm³/mol. The van der Waals surface area contributed by atoms with Gasteiger partial charge < -0.3 is 20.1 Å². The van der Waals surface area contributed by atoms with Gasteiger partial charge in [0.2, 0.25) is 0 Å². The normalized spacial score (nSPS) is 10.6. The molecule has 0 fully saturated rings. The first-order valence-corrected chi connectivity index (χ1v) is 9.77. The summed E-state index contributed by atoms with van der Waals surface area (Å²) < 4.78 is 11.2. The van der Waals surface area contributed by atoms with Crippen molar-refractivity contribution in [2.75, 3.05) is 18.5 Å². The van der Waals surface area contributed by atoms with E-state index in [9.17, 15) is 14.4 Å². The Balaban J connectivity index is 1.96. The summed E-state index contributed by atoms with van der Waals surface area (Å²) in [7, 11) is 0. The van der Waals surface area contributed by atoms with Crippen LogP contribution < -0.4 is 25.5 Å². The van der Waals surface area contributed by atoms with Crippen LogP contribution in [0.2, 0.25) is 0 Å². The number of carbonyl (C=O) groups is 3. The molecule has 3 N–H and O–H groups in total. The number of nitrogens with one attached hydrogen (secondary N) is 3. The lowest BCUT2D eigenvalue weighted by Crippen LogP contribution is -2.41. The fraction of sp³-hybridized carbons (Fsp3) is 0.273. The molecule has 0 radical (unpaired) electrons. The topological polar surface area (TPSA) is 118 Å². The highest BCUT2D eigenvalue weighted by Crippen LogP contribution is 2.28. The van der Waals surface area contributed by atoms with E-state index in [1.807, 2.05) is 25.1 Å². The maximum Gasteiger partial charge on any atom is 0.329 e. The molecule has 2 aromatic carbocycles. The average Bonchev–Trinajstić information content (AvgIpc) is 2.73. The average molecular weight is 426 g/mol. The molecule has 0 saturated carbocycles. The van der Waals surface area contributed by atoms with Crippen LogP contribution in [0.25, 0.3) is 0 Å². The Kier molecular flexibility index (Phi) is 9.03. The molecule has 3 amide bonds. The van der Waals surface area contributed by atoms with Crippen molar-refractivity contribution in [1.82, 2.24) is 10.7 Å². The maximum absolute atomic E-state index is 12.1. The third-order valence-electron chi connectivity index (χ3n) is 3.69. The van der Waals surface area contributed by atoms with Crippen LogP contribution in [0.15, 0.2) is 53.6 Å². The molecule has 31 heavy (non-hydrogen) atoms. The minimum absolute atomic E-state index is 0.154. The zero-order valence-electron chi connectivity index (χ0n) is 17.7. The minimum Gasteiger partial charge on any atom is -0.490 e. The number of rotatable bonds is 9. The predicted octanol–water partition coefficient (Wildman–Crippen LogP) is 2.08. The largest absolute Gasteiger partial charge is 0.490 e. The molecule has 9 nitrogen and oxygen atoms in total. The quantitative estimate of drug-likeness (QED) is 0.322. The van der Waals surface area contributed by atoms with Gasteiger partial charge in [-0.2, -0.15) is 5.10 Å². The highest BCUT2D eigenvalue weighted by atomic mass is 16.5. The fourth-order valence-electron chi connectivity index (χ4n) is 2.40. The van der Waals surface area contributed by atoms with Gasteiger partial charge in [0.05, 0.1) is 12.8 Å². The third kappa shape index (κ3) is 8.17. The molecule has 9 heteroatoms. The molecule has 2 rings (SSSR count). The number of amides is 3. The molecule has 0 saturated heterocycles. The number of carbonyl (C=O) groups excluding carboxylic acids is 3. The Morgan fingerprint density at radius 3 is 2.42 bits per heavy atom. The standard InChI is InChI=1S/C22H26N4O5/c1-4-30-19-12-16(13-23-26-22(29)21(28)24-15(2)3)10-11-18(19)31-14-20(27)25-17-8-6-5-7-9-17/h5-13,15H,4,14H2,1-3H3,(H,24,28)(H,25,27)(H,26,29)/b23-13-. The van der Waals surface area contributed by atoms with E-state index < -0.39 is 11.8 Å². The van der Waals surface area contributed by atoms with Crippen LogP contribution in [0.5, 0.6) is 11.5 Å². The molecule has 0 unspecified atom stereocenters. The fourth-order valence-corrected chi connectivity index (χ4v) is 2.40. The Bertz CT molecular complexity index is 929. The second kappa shape index (κ2) is 12.0. The second-order valence-electron chi connectivity index (χ2n) is 6.67. The van der Waals surface area contributed by atoms with Crippen LogP contribution in [0.3, 0.4) is 0 Å². The minimum atomic E-state index is -0.862. The Morgan fingerprint density at radius 2 is 1.74 bits per heavy atom. The molecule has 0 aliphatic carbocycles. The molecule has 0 aliphatic heterocycles. The zero-order valence-corrected chi connectivity index (χ0v) is 17.7. The van der Waals surface area contributed by atoms with Gasteiger partial charge in [-0.05, 0) is 56.7 Å². The lowest BCUT2D eigenvalue weighted by molar-refractivity contribution is -0.139. The van der Waals surface area contributed by atoms with Gasteiger partial charge in [0.15, 0.2) is 18.1 Å². The van der Waals surface area contributed by atoms with Crippen LogP contribution in [0, 0.1) is 0 Å². The summed E-state index contributed by atoms with van der Waals surface area (Å²) in [5.74, 6) is -1.12. The summed E-state index contributed by atoms with van der Waals surface area (Å²) in [6, 6.07) is 13.9. The Hall–Kier alpha value is -3.88. The van der Waals surface area contributed by atoms with Crippen LogP contribution in [0.1, 0.15) is 26.3 Å². The van der Waals surface area contributed by atoms with E-state index in [1.54, 1.807) is 44.2 Å². The van der Waals surface area contributed by atoms with E-state index >= 15 is 0 Å². The van der Waals surface area contributed by atoms with Gasteiger partial charge in [-0.1, -0.05) is 18.2 Å². The second-order valence-corrected chi connectivity index (χ2v) is 6.67. The van der Waals surface area contributed by atoms with Crippen LogP contribution >= 0.6 is 0 Å². The van der Waals surface area contributed by atoms with E-state index in [-0.39, 0.29) is 18.6 Å². The third-order valence-corrected chi connectivity index (χ3v) is 3.69. The van der Waals surface area contributed by atoms with Crippen molar-refractivity contribution >= 4 is 29.6 Å². The SMILES string of the molecule is CCOc1cc(/C=N\NC(=O)C(=O)NC(C)C)ccc1OCC(=O)Nc1ccccc1. The number of ether oxygens (including phenoxy) is 2. The van der Waals surface area contributed by atoms with Gasteiger partial charge in [-0.3, -0.25) is 14.4 Å². The van der Waals surface area contributed by atoms with Crippen molar-refractivity contribution in [3.63, 3.8) is 0 Å². The maximum atomic E-state index is 12.1. The molecule has 0 heterocycles. The summed E-state index contributed by atoms with van der Waals surface area (Å²) in [4.78, 5) is 35.3. The first-order chi connectivity index (χ1) is 14.9. The first kappa shape index (κ1) is 23.4. The lowest BCUT2D eigenvalue weighted by Gasteiger charge is -2.12. The smallest absolute Gasteiger partial charge is 0.329 e. The molecule has 0 aliphatic rings. The lowest BCUT2D eigenvalue weighted by atomic mass is 10.2. The number of hydrazone groups is 1. The first-order valence-electron chi connectivity index (χ1n) is 9.77. The van der Waals surface area contributed by atoms with E-state index in [4.69, 9.17) is 9.47 Å². The van der Waals surface area contributed by atoms with E-state index in [2.05, 4.69) is 21.2 Å².